The Bertz CT molecular complexity index is 377. The third-order valence-corrected chi connectivity index (χ3v) is 2.33. The van der Waals surface area contributed by atoms with E-state index in [2.05, 4.69) is 0 Å². The quantitative estimate of drug-likeness (QED) is 0.628. The molecule has 0 aliphatic carbocycles. The van der Waals surface area contributed by atoms with E-state index in [1.54, 1.807) is 18.2 Å². The minimum atomic E-state index is -0.383. The molecule has 1 aromatic rings. The molecule has 1 unspecified atom stereocenters. The Kier molecular flexibility index (Phi) is 4.17. The van der Waals surface area contributed by atoms with Gasteiger partial charge in [0.15, 0.2) is 0 Å². The molecule has 1 aromatic carbocycles. The van der Waals surface area contributed by atoms with Gasteiger partial charge in [0.1, 0.15) is 11.3 Å². The van der Waals surface area contributed by atoms with Crippen molar-refractivity contribution in [3.63, 3.8) is 0 Å². The first kappa shape index (κ1) is 12.4. The number of hydrogen-bond donors (Lipinski definition) is 1. The van der Waals surface area contributed by atoms with Crippen LogP contribution in [0.15, 0.2) is 18.2 Å². The van der Waals surface area contributed by atoms with Crippen LogP contribution in [0.3, 0.4) is 0 Å². The summed E-state index contributed by atoms with van der Waals surface area (Å²) in [7, 11) is 1.49. The molecule has 0 aromatic heterocycles. The Morgan fingerprint density at radius 1 is 1.50 bits per heavy atom. The number of nitrogens with two attached hydrogens (primary N) is 1. The summed E-state index contributed by atoms with van der Waals surface area (Å²) in [6.07, 6.45) is 0.679. The van der Waals surface area contributed by atoms with Gasteiger partial charge in [0.05, 0.1) is 13.2 Å². The second-order valence-electron chi connectivity index (χ2n) is 3.58. The molecular formula is C12H17NO3. The lowest BCUT2D eigenvalue weighted by atomic mass is 10.2. The zero-order valence-corrected chi connectivity index (χ0v) is 9.82. The van der Waals surface area contributed by atoms with E-state index in [1.165, 1.54) is 7.11 Å². The van der Waals surface area contributed by atoms with Crippen LogP contribution < -0.4 is 10.5 Å². The van der Waals surface area contributed by atoms with Crippen molar-refractivity contribution < 1.29 is 14.3 Å². The number of methoxy groups -OCH3 is 1. The van der Waals surface area contributed by atoms with Gasteiger partial charge >= 0.3 is 5.97 Å². The summed E-state index contributed by atoms with van der Waals surface area (Å²) < 4.78 is 10.3. The van der Waals surface area contributed by atoms with Crippen molar-refractivity contribution in [2.24, 2.45) is 0 Å². The molecule has 16 heavy (non-hydrogen) atoms. The smallest absolute Gasteiger partial charge is 0.342 e. The lowest BCUT2D eigenvalue weighted by Crippen LogP contribution is -2.14. The lowest BCUT2D eigenvalue weighted by molar-refractivity contribution is 0.0331. The van der Waals surface area contributed by atoms with Gasteiger partial charge < -0.3 is 15.2 Å². The van der Waals surface area contributed by atoms with Gasteiger partial charge in [-0.1, -0.05) is 6.92 Å². The topological polar surface area (TPSA) is 61.5 Å². The van der Waals surface area contributed by atoms with Gasteiger partial charge in [-0.15, -0.1) is 0 Å². The Morgan fingerprint density at radius 3 is 2.75 bits per heavy atom. The summed E-state index contributed by atoms with van der Waals surface area (Å²) in [4.78, 5) is 11.8. The first-order chi connectivity index (χ1) is 7.58. The van der Waals surface area contributed by atoms with Crippen molar-refractivity contribution in [1.82, 2.24) is 0 Å². The highest BCUT2D eigenvalue weighted by Gasteiger charge is 2.15. The Labute approximate surface area is 95.3 Å². The van der Waals surface area contributed by atoms with Crippen molar-refractivity contribution in [3.8, 4) is 5.75 Å². The SMILES string of the molecule is CCC(C)OC(=O)c1ccc(N)cc1OC. The van der Waals surface area contributed by atoms with Crippen molar-refractivity contribution in [3.05, 3.63) is 23.8 Å². The molecule has 0 bridgehead atoms. The molecular weight excluding hydrogens is 206 g/mol. The van der Waals surface area contributed by atoms with Crippen LogP contribution in [-0.4, -0.2) is 19.2 Å². The second-order valence-corrected chi connectivity index (χ2v) is 3.58. The number of carbonyl (C=O) groups is 1. The minimum absolute atomic E-state index is 0.102. The largest absolute Gasteiger partial charge is 0.496 e. The van der Waals surface area contributed by atoms with E-state index in [1.807, 2.05) is 13.8 Å². The minimum Gasteiger partial charge on any atom is -0.496 e. The molecule has 0 saturated heterocycles. The van der Waals surface area contributed by atoms with Crippen LogP contribution >= 0.6 is 0 Å². The van der Waals surface area contributed by atoms with E-state index < -0.39 is 0 Å². The van der Waals surface area contributed by atoms with Crippen molar-refractivity contribution >= 4 is 11.7 Å². The molecule has 0 aliphatic heterocycles. The first-order valence-electron chi connectivity index (χ1n) is 5.23. The zero-order chi connectivity index (χ0) is 12.1. The molecule has 0 saturated carbocycles. The number of ether oxygens (including phenoxy) is 2. The van der Waals surface area contributed by atoms with Crippen molar-refractivity contribution in [2.45, 2.75) is 26.4 Å². The normalized spacial score (nSPS) is 11.9. The molecule has 4 heteroatoms. The third kappa shape index (κ3) is 2.89. The fourth-order valence-electron chi connectivity index (χ4n) is 1.21. The maximum Gasteiger partial charge on any atom is 0.342 e. The second kappa shape index (κ2) is 5.39. The van der Waals surface area contributed by atoms with Crippen LogP contribution in [-0.2, 0) is 4.74 Å². The molecule has 0 spiro atoms. The molecule has 1 atom stereocenters. The van der Waals surface area contributed by atoms with Crippen LogP contribution in [0, 0.1) is 0 Å². The summed E-state index contributed by atoms with van der Waals surface area (Å²) in [6.45, 7) is 3.81. The van der Waals surface area contributed by atoms with E-state index in [0.29, 0.717) is 17.0 Å². The van der Waals surface area contributed by atoms with Gasteiger partial charge in [0.25, 0.3) is 0 Å². The zero-order valence-electron chi connectivity index (χ0n) is 9.82. The molecule has 2 N–H and O–H groups in total. The van der Waals surface area contributed by atoms with Crippen molar-refractivity contribution in [2.75, 3.05) is 12.8 Å². The van der Waals surface area contributed by atoms with Crippen LogP contribution in [0.4, 0.5) is 5.69 Å². The number of benzene rings is 1. The summed E-state index contributed by atoms with van der Waals surface area (Å²) >= 11 is 0. The van der Waals surface area contributed by atoms with E-state index in [4.69, 9.17) is 15.2 Å². The number of rotatable bonds is 4. The van der Waals surface area contributed by atoms with Crippen LogP contribution in [0.1, 0.15) is 30.6 Å². The average Bonchev–Trinajstić information content (AvgIpc) is 2.28. The molecule has 0 amide bonds. The summed E-state index contributed by atoms with van der Waals surface area (Å²) in [5, 5.41) is 0. The predicted octanol–water partition coefficient (Wildman–Crippen LogP) is 2.23. The highest BCUT2D eigenvalue weighted by molar-refractivity contribution is 5.93. The lowest BCUT2D eigenvalue weighted by Gasteiger charge is -2.13. The Balaban J connectivity index is 2.90. The number of nitrogen functional groups attached to an aromatic ring is 1. The molecule has 0 aliphatic rings. The fourth-order valence-corrected chi connectivity index (χ4v) is 1.21. The van der Waals surface area contributed by atoms with Crippen LogP contribution in [0.5, 0.6) is 5.75 Å². The van der Waals surface area contributed by atoms with E-state index >= 15 is 0 Å². The molecule has 0 fully saturated rings. The number of hydrogen-bond acceptors (Lipinski definition) is 4. The summed E-state index contributed by atoms with van der Waals surface area (Å²) in [5.41, 5.74) is 6.55. The Morgan fingerprint density at radius 2 is 2.19 bits per heavy atom. The van der Waals surface area contributed by atoms with E-state index in [0.717, 1.165) is 6.42 Å². The standard InChI is InChI=1S/C12H17NO3/c1-4-8(2)16-12(14)10-6-5-9(13)7-11(10)15-3/h5-8H,4,13H2,1-3H3. The molecule has 88 valence electrons. The number of esters is 1. The van der Waals surface area contributed by atoms with Crippen LogP contribution in [0.25, 0.3) is 0 Å². The first-order valence-corrected chi connectivity index (χ1v) is 5.23. The monoisotopic (exact) mass is 223 g/mol. The van der Waals surface area contributed by atoms with Gasteiger partial charge in [-0.3, -0.25) is 0 Å². The molecule has 1 rings (SSSR count). The van der Waals surface area contributed by atoms with Gasteiger partial charge in [-0.05, 0) is 25.5 Å². The maximum absolute atomic E-state index is 11.8. The highest BCUT2D eigenvalue weighted by Crippen LogP contribution is 2.22. The summed E-state index contributed by atoms with van der Waals surface area (Å²) in [6, 6.07) is 4.86. The van der Waals surface area contributed by atoms with Gasteiger partial charge in [-0.25, -0.2) is 4.79 Å². The average molecular weight is 223 g/mol. The molecule has 4 nitrogen and oxygen atoms in total. The number of anilines is 1. The fraction of sp³-hybridized carbons (Fsp3) is 0.417. The van der Waals surface area contributed by atoms with Gasteiger partial charge in [0.2, 0.25) is 0 Å². The van der Waals surface area contributed by atoms with E-state index in [-0.39, 0.29) is 12.1 Å². The van der Waals surface area contributed by atoms with Gasteiger partial charge in [-0.2, -0.15) is 0 Å². The highest BCUT2D eigenvalue weighted by atomic mass is 16.5. The van der Waals surface area contributed by atoms with Crippen molar-refractivity contribution in [1.29, 1.82) is 0 Å². The predicted molar refractivity (Wildman–Crippen MR) is 62.6 cm³/mol. The van der Waals surface area contributed by atoms with Gasteiger partial charge in [0, 0.05) is 11.8 Å². The van der Waals surface area contributed by atoms with Crippen LogP contribution in [0.2, 0.25) is 0 Å². The third-order valence-electron chi connectivity index (χ3n) is 2.33. The number of carbonyl (C=O) groups excluding carboxylic acids is 1. The molecule has 0 heterocycles. The Hall–Kier alpha value is -1.71. The maximum atomic E-state index is 11.8. The molecule has 0 radical (unpaired) electrons. The summed E-state index contributed by atoms with van der Waals surface area (Å²) in [5.74, 6) is 0.0551. The van der Waals surface area contributed by atoms with E-state index in [9.17, 15) is 4.79 Å².